The second kappa shape index (κ2) is 11.1. The molecule has 1 aliphatic carbocycles. The van der Waals surface area contributed by atoms with E-state index in [0.29, 0.717) is 17.0 Å². The van der Waals surface area contributed by atoms with E-state index in [2.05, 4.69) is 10.5 Å². The van der Waals surface area contributed by atoms with Crippen molar-refractivity contribution in [2.45, 2.75) is 38.7 Å². The van der Waals surface area contributed by atoms with Gasteiger partial charge in [0, 0.05) is 24.5 Å². The number of hydrazone groups is 1. The van der Waals surface area contributed by atoms with Crippen molar-refractivity contribution < 1.29 is 29.1 Å². The van der Waals surface area contributed by atoms with Crippen LogP contribution < -0.4 is 5.43 Å². The molecule has 0 unspecified atom stereocenters. The molecular weight excluding hydrogens is 454 g/mol. The van der Waals surface area contributed by atoms with Crippen LogP contribution >= 0.6 is 0 Å². The molecule has 0 heterocycles. The smallest absolute Gasteiger partial charge is 0.315 e. The second-order valence-electron chi connectivity index (χ2n) is 8.45. The van der Waals surface area contributed by atoms with Crippen molar-refractivity contribution in [1.29, 1.82) is 0 Å². The predicted molar refractivity (Wildman–Crippen MR) is 129 cm³/mol. The molecule has 4 atom stereocenters. The first-order valence-corrected chi connectivity index (χ1v) is 11.4. The molecule has 1 saturated carbocycles. The van der Waals surface area contributed by atoms with Gasteiger partial charge in [0.25, 0.3) is 5.69 Å². The maximum atomic E-state index is 13.2. The highest BCUT2D eigenvalue weighted by atomic mass is 16.6. The molecule has 0 bridgehead atoms. The van der Waals surface area contributed by atoms with Gasteiger partial charge in [0.1, 0.15) is 5.92 Å². The maximum Gasteiger partial charge on any atom is 0.315 e. The second-order valence-corrected chi connectivity index (χ2v) is 8.45. The van der Waals surface area contributed by atoms with Gasteiger partial charge in [-0.05, 0) is 38.5 Å². The van der Waals surface area contributed by atoms with E-state index in [9.17, 15) is 24.8 Å². The lowest BCUT2D eigenvalue weighted by Gasteiger charge is -2.45. The SMILES string of the molecule is CCOC(=O)[C@H]1C(=NNc2ccc([N+](=O)[O-])cc2)C[C@](C)(O)[C@@H](C(=O)OCC)[C@@H]1c1ccccc1. The minimum atomic E-state index is -1.58. The summed E-state index contributed by atoms with van der Waals surface area (Å²) in [4.78, 5) is 36.7. The summed E-state index contributed by atoms with van der Waals surface area (Å²) in [7, 11) is 0. The van der Waals surface area contributed by atoms with Crippen molar-refractivity contribution in [3.05, 3.63) is 70.3 Å². The Morgan fingerprint density at radius 2 is 1.69 bits per heavy atom. The fraction of sp³-hybridized carbons (Fsp3) is 0.400. The average molecular weight is 484 g/mol. The number of benzene rings is 2. The van der Waals surface area contributed by atoms with Crippen LogP contribution in [0.15, 0.2) is 59.7 Å². The van der Waals surface area contributed by atoms with Crippen molar-refractivity contribution in [1.82, 2.24) is 0 Å². The molecule has 0 spiro atoms. The molecule has 2 aromatic carbocycles. The number of nitrogens with zero attached hydrogens (tertiary/aromatic N) is 2. The number of aliphatic hydroxyl groups is 1. The lowest BCUT2D eigenvalue weighted by molar-refractivity contribution is -0.384. The number of nitro benzene ring substituents is 1. The number of carbonyl (C=O) groups excluding carboxylic acids is 2. The summed E-state index contributed by atoms with van der Waals surface area (Å²) < 4.78 is 10.6. The highest BCUT2D eigenvalue weighted by Crippen LogP contribution is 2.47. The maximum absolute atomic E-state index is 13.2. The first-order valence-electron chi connectivity index (χ1n) is 11.4. The standard InChI is InChI=1S/C25H29N3O7/c1-4-34-23(29)21-19(27-26-17-11-13-18(14-12-17)28(32)33)15-25(3,31)22(24(30)35-5-2)20(21)16-9-7-6-8-10-16/h6-14,20-22,26,31H,4-5,15H2,1-3H3/t20-,21+,22-,25+/m1/s1. The Labute approximate surface area is 203 Å². The zero-order valence-corrected chi connectivity index (χ0v) is 19.8. The number of carbonyl (C=O) groups is 2. The molecule has 0 aliphatic heterocycles. The van der Waals surface area contributed by atoms with Crippen LogP contribution in [0.1, 0.15) is 38.7 Å². The minimum Gasteiger partial charge on any atom is -0.466 e. The minimum absolute atomic E-state index is 0.0744. The number of rotatable bonds is 8. The zero-order valence-electron chi connectivity index (χ0n) is 19.8. The van der Waals surface area contributed by atoms with E-state index in [0.717, 1.165) is 0 Å². The molecule has 186 valence electrons. The van der Waals surface area contributed by atoms with Crippen molar-refractivity contribution >= 4 is 29.0 Å². The summed E-state index contributed by atoms with van der Waals surface area (Å²) in [5, 5.41) is 26.7. The molecule has 0 radical (unpaired) electrons. The molecule has 10 heteroatoms. The van der Waals surface area contributed by atoms with Crippen LogP contribution in [0.2, 0.25) is 0 Å². The number of non-ortho nitro benzene ring substituents is 1. The summed E-state index contributed by atoms with van der Waals surface area (Å²) >= 11 is 0. The van der Waals surface area contributed by atoms with Gasteiger partial charge in [-0.3, -0.25) is 25.1 Å². The first-order chi connectivity index (χ1) is 16.7. The Hall–Kier alpha value is -3.79. The number of hydrogen-bond acceptors (Lipinski definition) is 9. The van der Waals surface area contributed by atoms with Gasteiger partial charge in [-0.25, -0.2) is 0 Å². The van der Waals surface area contributed by atoms with Crippen molar-refractivity contribution in [3.8, 4) is 0 Å². The Morgan fingerprint density at radius 3 is 2.26 bits per heavy atom. The van der Waals surface area contributed by atoms with Crippen molar-refractivity contribution in [2.75, 3.05) is 18.6 Å². The van der Waals surface area contributed by atoms with Gasteiger partial charge in [-0.15, -0.1) is 0 Å². The summed E-state index contributed by atoms with van der Waals surface area (Å²) in [6.45, 7) is 5.13. The van der Waals surface area contributed by atoms with Gasteiger partial charge in [-0.1, -0.05) is 30.3 Å². The van der Waals surface area contributed by atoms with E-state index >= 15 is 0 Å². The summed E-state index contributed by atoms with van der Waals surface area (Å²) in [5.74, 6) is -4.00. The predicted octanol–water partition coefficient (Wildman–Crippen LogP) is 3.66. The van der Waals surface area contributed by atoms with Crippen LogP contribution in [0.4, 0.5) is 11.4 Å². The molecule has 0 amide bonds. The first kappa shape index (κ1) is 25.8. The van der Waals surface area contributed by atoms with Gasteiger partial charge < -0.3 is 14.6 Å². The number of hydrogen-bond donors (Lipinski definition) is 2. The zero-order chi connectivity index (χ0) is 25.6. The van der Waals surface area contributed by atoms with Gasteiger partial charge in [0.2, 0.25) is 0 Å². The molecule has 1 fully saturated rings. The number of ether oxygens (including phenoxy) is 2. The molecule has 1 aliphatic rings. The Balaban J connectivity index is 2.09. The molecule has 2 aromatic rings. The fourth-order valence-corrected chi connectivity index (χ4v) is 4.48. The third-order valence-corrected chi connectivity index (χ3v) is 5.96. The highest BCUT2D eigenvalue weighted by Gasteiger charge is 2.56. The van der Waals surface area contributed by atoms with Crippen LogP contribution in [-0.4, -0.2) is 46.5 Å². The topological polar surface area (TPSA) is 140 Å². The number of nitro groups is 1. The Bertz CT molecular complexity index is 1080. The summed E-state index contributed by atoms with van der Waals surface area (Å²) in [6.07, 6.45) is -0.0940. The van der Waals surface area contributed by atoms with E-state index in [1.54, 1.807) is 38.1 Å². The number of anilines is 1. The van der Waals surface area contributed by atoms with Crippen LogP contribution in [0.5, 0.6) is 0 Å². The molecule has 10 nitrogen and oxygen atoms in total. The fourth-order valence-electron chi connectivity index (χ4n) is 4.48. The summed E-state index contributed by atoms with van der Waals surface area (Å²) in [5.41, 5.74) is 2.57. The molecule has 35 heavy (non-hydrogen) atoms. The lowest BCUT2D eigenvalue weighted by Crippen LogP contribution is -2.55. The van der Waals surface area contributed by atoms with Crippen molar-refractivity contribution in [3.63, 3.8) is 0 Å². The van der Waals surface area contributed by atoms with Crippen molar-refractivity contribution in [2.24, 2.45) is 16.9 Å². The van der Waals surface area contributed by atoms with Gasteiger partial charge in [0.05, 0.1) is 41.1 Å². The quantitative estimate of drug-likeness (QED) is 0.329. The van der Waals surface area contributed by atoms with Gasteiger partial charge in [-0.2, -0.15) is 5.10 Å². The van der Waals surface area contributed by atoms with E-state index in [4.69, 9.17) is 9.47 Å². The Kier molecular flexibility index (Phi) is 8.18. The van der Waals surface area contributed by atoms with E-state index in [1.807, 2.05) is 6.07 Å². The molecular formula is C25H29N3O7. The third kappa shape index (κ3) is 5.83. The molecule has 2 N–H and O–H groups in total. The average Bonchev–Trinajstić information content (AvgIpc) is 2.82. The lowest BCUT2D eigenvalue weighted by atomic mass is 9.61. The third-order valence-electron chi connectivity index (χ3n) is 5.96. The number of esters is 2. The van der Waals surface area contributed by atoms with Crippen LogP contribution in [-0.2, 0) is 19.1 Å². The molecule has 0 aromatic heterocycles. The largest absolute Gasteiger partial charge is 0.466 e. The van der Waals surface area contributed by atoms with Gasteiger partial charge >= 0.3 is 11.9 Å². The van der Waals surface area contributed by atoms with Crippen LogP contribution in [0.3, 0.4) is 0 Å². The monoisotopic (exact) mass is 483 g/mol. The van der Waals surface area contributed by atoms with Crippen LogP contribution in [0, 0.1) is 22.0 Å². The Morgan fingerprint density at radius 1 is 1.09 bits per heavy atom. The number of nitrogens with one attached hydrogen (secondary N) is 1. The van der Waals surface area contributed by atoms with E-state index in [-0.39, 0.29) is 25.3 Å². The van der Waals surface area contributed by atoms with Gasteiger partial charge in [0.15, 0.2) is 0 Å². The van der Waals surface area contributed by atoms with Crippen LogP contribution in [0.25, 0.3) is 0 Å². The van der Waals surface area contributed by atoms with E-state index in [1.165, 1.54) is 31.2 Å². The summed E-state index contributed by atoms with van der Waals surface area (Å²) in [6, 6.07) is 14.6. The molecule has 3 rings (SSSR count). The molecule has 0 saturated heterocycles. The van der Waals surface area contributed by atoms with E-state index < -0.39 is 40.2 Å². The highest BCUT2D eigenvalue weighted by molar-refractivity contribution is 6.06. The normalized spacial score (nSPS) is 25.0.